The summed E-state index contributed by atoms with van der Waals surface area (Å²) in [5.41, 5.74) is 2.38. The van der Waals surface area contributed by atoms with Gasteiger partial charge in [0.1, 0.15) is 5.75 Å². The van der Waals surface area contributed by atoms with E-state index in [1.165, 1.54) is 30.5 Å². The first-order valence-electron chi connectivity index (χ1n) is 8.00. The highest BCUT2D eigenvalue weighted by Gasteiger charge is 2.05. The Morgan fingerprint density at radius 1 is 0.857 bits per heavy atom. The lowest BCUT2D eigenvalue weighted by Gasteiger charge is -2.11. The van der Waals surface area contributed by atoms with Gasteiger partial charge in [-0.1, -0.05) is 61.9 Å². The summed E-state index contributed by atoms with van der Waals surface area (Å²) in [5.74, 6) is 0.984. The smallest absolute Gasteiger partial charge is 0.127 e. The molecule has 2 heteroatoms. The van der Waals surface area contributed by atoms with Crippen LogP contribution in [0.3, 0.4) is 0 Å². The lowest BCUT2D eigenvalue weighted by Crippen LogP contribution is -2.84. The van der Waals surface area contributed by atoms with E-state index in [1.807, 2.05) is 12.1 Å². The number of ether oxygens (including phenoxy) is 1. The van der Waals surface area contributed by atoms with Gasteiger partial charge in [0.15, 0.2) is 0 Å². The zero-order chi connectivity index (χ0) is 14.8. The van der Waals surface area contributed by atoms with Crippen LogP contribution in [0.2, 0.25) is 0 Å². The van der Waals surface area contributed by atoms with E-state index >= 15 is 0 Å². The molecule has 2 N–H and O–H groups in total. The maximum absolute atomic E-state index is 5.98. The van der Waals surface area contributed by atoms with Crippen molar-refractivity contribution in [3.63, 3.8) is 0 Å². The highest BCUT2D eigenvalue weighted by Crippen LogP contribution is 2.29. The first-order chi connectivity index (χ1) is 10.4. The maximum atomic E-state index is 5.98. The molecule has 0 bridgehead atoms. The van der Waals surface area contributed by atoms with Crippen molar-refractivity contribution in [2.24, 2.45) is 0 Å². The minimum Gasteiger partial charge on any atom is -0.493 e. The lowest BCUT2D eigenvalue weighted by molar-refractivity contribution is -0.655. The van der Waals surface area contributed by atoms with E-state index in [1.54, 1.807) is 0 Å². The van der Waals surface area contributed by atoms with Gasteiger partial charge in [-0.25, -0.2) is 0 Å². The molecule has 2 aromatic rings. The molecule has 21 heavy (non-hydrogen) atoms. The first-order valence-corrected chi connectivity index (χ1v) is 8.00. The monoisotopic (exact) mass is 284 g/mol. The molecule has 112 valence electrons. The lowest BCUT2D eigenvalue weighted by atomic mass is 10.1. The molecule has 0 aliphatic carbocycles. The van der Waals surface area contributed by atoms with Crippen molar-refractivity contribution in [1.29, 1.82) is 0 Å². The summed E-state index contributed by atoms with van der Waals surface area (Å²) in [6, 6.07) is 18.7. The minimum absolute atomic E-state index is 0.784. The van der Waals surface area contributed by atoms with E-state index < -0.39 is 0 Å². The Labute approximate surface area is 128 Å². The largest absolute Gasteiger partial charge is 0.493 e. The zero-order valence-corrected chi connectivity index (χ0v) is 12.9. The van der Waals surface area contributed by atoms with Crippen LogP contribution in [0.25, 0.3) is 11.1 Å². The second-order valence-electron chi connectivity index (χ2n) is 5.28. The van der Waals surface area contributed by atoms with Gasteiger partial charge in [0.25, 0.3) is 0 Å². The third kappa shape index (κ3) is 5.24. The van der Waals surface area contributed by atoms with Crippen LogP contribution in [0.1, 0.15) is 26.2 Å². The average molecular weight is 284 g/mol. The van der Waals surface area contributed by atoms with Gasteiger partial charge in [-0.2, -0.15) is 0 Å². The molecule has 2 rings (SSSR count). The van der Waals surface area contributed by atoms with E-state index in [2.05, 4.69) is 54.7 Å². The molecule has 0 aliphatic heterocycles. The molecule has 0 spiro atoms. The first kappa shape index (κ1) is 15.6. The van der Waals surface area contributed by atoms with Gasteiger partial charge in [0.2, 0.25) is 0 Å². The van der Waals surface area contributed by atoms with E-state index in [0.717, 1.165) is 25.3 Å². The fraction of sp³-hybridized carbons (Fsp3) is 0.368. The van der Waals surface area contributed by atoms with E-state index in [0.29, 0.717) is 0 Å². The van der Waals surface area contributed by atoms with Crippen LogP contribution in [0.5, 0.6) is 5.75 Å². The van der Waals surface area contributed by atoms with E-state index in [4.69, 9.17) is 4.74 Å². The summed E-state index contributed by atoms with van der Waals surface area (Å²) in [6.45, 7) is 5.40. The second kappa shape index (κ2) is 9.19. The molecule has 0 saturated carbocycles. The van der Waals surface area contributed by atoms with Gasteiger partial charge in [-0.15, -0.1) is 0 Å². The molecule has 0 unspecified atom stereocenters. The van der Waals surface area contributed by atoms with Gasteiger partial charge in [-0.05, 0) is 18.1 Å². The normalized spacial score (nSPS) is 10.5. The predicted octanol–water partition coefficient (Wildman–Crippen LogP) is 3.49. The topological polar surface area (TPSA) is 25.8 Å². The van der Waals surface area contributed by atoms with Gasteiger partial charge in [0, 0.05) is 12.0 Å². The molecule has 0 amide bonds. The molecule has 2 nitrogen and oxygen atoms in total. The van der Waals surface area contributed by atoms with Crippen molar-refractivity contribution < 1.29 is 10.1 Å². The molecule has 0 fully saturated rings. The Morgan fingerprint density at radius 2 is 1.57 bits per heavy atom. The molecule has 0 saturated heterocycles. The van der Waals surface area contributed by atoms with Crippen molar-refractivity contribution in [2.45, 2.75) is 26.2 Å². The van der Waals surface area contributed by atoms with Gasteiger partial charge >= 0.3 is 0 Å². The highest BCUT2D eigenvalue weighted by atomic mass is 16.5. The Morgan fingerprint density at radius 3 is 2.38 bits per heavy atom. The SMILES string of the molecule is CCCC[NH2+]CCCOc1ccccc1-c1ccccc1. The number of hydrogen-bond donors (Lipinski definition) is 1. The molecule has 2 aromatic carbocycles. The third-order valence-corrected chi connectivity index (χ3v) is 3.54. The standard InChI is InChI=1S/C19H25NO/c1-2-3-14-20-15-9-16-21-19-13-8-7-12-18(19)17-10-5-4-6-11-17/h4-8,10-13,20H,2-3,9,14-16H2,1H3/p+1. The van der Waals surface area contributed by atoms with Crippen LogP contribution >= 0.6 is 0 Å². The molecular weight excluding hydrogens is 258 g/mol. The quantitative estimate of drug-likeness (QED) is 0.701. The maximum Gasteiger partial charge on any atom is 0.127 e. The van der Waals surface area contributed by atoms with Crippen LogP contribution in [0, 0.1) is 0 Å². The Hall–Kier alpha value is -1.80. The highest BCUT2D eigenvalue weighted by molar-refractivity contribution is 5.70. The molecular formula is C19H26NO+. The number of hydrogen-bond acceptors (Lipinski definition) is 1. The summed E-state index contributed by atoms with van der Waals surface area (Å²) in [6.07, 6.45) is 3.67. The summed E-state index contributed by atoms with van der Waals surface area (Å²) < 4.78 is 5.98. The molecule has 0 heterocycles. The van der Waals surface area contributed by atoms with E-state index in [-0.39, 0.29) is 0 Å². The number of quaternary nitrogens is 1. The number of nitrogens with two attached hydrogens (primary N) is 1. The summed E-state index contributed by atoms with van der Waals surface area (Å²) in [5, 5.41) is 2.38. The molecule has 0 aliphatic rings. The van der Waals surface area contributed by atoms with Gasteiger partial charge < -0.3 is 10.1 Å². The molecule has 0 aromatic heterocycles. The van der Waals surface area contributed by atoms with Gasteiger partial charge in [-0.3, -0.25) is 0 Å². The zero-order valence-electron chi connectivity index (χ0n) is 12.9. The minimum atomic E-state index is 0.784. The molecule has 0 radical (unpaired) electrons. The third-order valence-electron chi connectivity index (χ3n) is 3.54. The predicted molar refractivity (Wildman–Crippen MR) is 88.6 cm³/mol. The van der Waals surface area contributed by atoms with Crippen LogP contribution in [-0.2, 0) is 0 Å². The number of unbranched alkanes of at least 4 members (excludes halogenated alkanes) is 1. The van der Waals surface area contributed by atoms with Crippen molar-refractivity contribution in [3.8, 4) is 16.9 Å². The van der Waals surface area contributed by atoms with Crippen molar-refractivity contribution in [2.75, 3.05) is 19.7 Å². The van der Waals surface area contributed by atoms with Crippen LogP contribution in [0.15, 0.2) is 54.6 Å². The van der Waals surface area contributed by atoms with Crippen LogP contribution in [0.4, 0.5) is 0 Å². The van der Waals surface area contributed by atoms with E-state index in [9.17, 15) is 0 Å². The van der Waals surface area contributed by atoms with Gasteiger partial charge in [0.05, 0.1) is 19.7 Å². The summed E-state index contributed by atoms with van der Waals surface area (Å²) in [7, 11) is 0. The molecule has 0 atom stereocenters. The van der Waals surface area contributed by atoms with Crippen LogP contribution in [-0.4, -0.2) is 19.7 Å². The summed E-state index contributed by atoms with van der Waals surface area (Å²) >= 11 is 0. The Bertz CT molecular complexity index is 510. The fourth-order valence-corrected chi connectivity index (χ4v) is 2.35. The second-order valence-corrected chi connectivity index (χ2v) is 5.28. The van der Waals surface area contributed by atoms with Crippen molar-refractivity contribution >= 4 is 0 Å². The summed E-state index contributed by atoms with van der Waals surface area (Å²) in [4.78, 5) is 0. The fourth-order valence-electron chi connectivity index (χ4n) is 2.35. The Balaban J connectivity index is 1.84. The Kier molecular flexibility index (Phi) is 6.82. The van der Waals surface area contributed by atoms with Crippen molar-refractivity contribution in [1.82, 2.24) is 0 Å². The number of rotatable bonds is 9. The average Bonchev–Trinajstić information content (AvgIpc) is 2.55. The van der Waals surface area contributed by atoms with Crippen LogP contribution < -0.4 is 10.1 Å². The van der Waals surface area contributed by atoms with Crippen molar-refractivity contribution in [3.05, 3.63) is 54.6 Å². The number of benzene rings is 2. The number of para-hydroxylation sites is 1.